The van der Waals surface area contributed by atoms with Gasteiger partial charge in [-0.15, -0.1) is 10.2 Å². The number of hydrogen-bond donors (Lipinski definition) is 2. The number of aromatic nitrogens is 3. The van der Waals surface area contributed by atoms with Gasteiger partial charge in [-0.3, -0.25) is 9.59 Å². The zero-order chi connectivity index (χ0) is 22.4. The largest absolute Gasteiger partial charge is 0.346 e. The molecule has 1 heterocycles. The lowest BCUT2D eigenvalue weighted by molar-refractivity contribution is -0.122. The summed E-state index contributed by atoms with van der Waals surface area (Å²) < 4.78 is 1.98. The van der Waals surface area contributed by atoms with Crippen molar-refractivity contribution < 1.29 is 9.59 Å². The molecule has 0 bridgehead atoms. The highest BCUT2D eigenvalue weighted by Crippen LogP contribution is 2.24. The molecule has 8 heteroatoms. The topological polar surface area (TPSA) is 88.9 Å². The van der Waals surface area contributed by atoms with Crippen molar-refractivity contribution in [2.75, 3.05) is 17.6 Å². The van der Waals surface area contributed by atoms with Crippen LogP contribution in [0.15, 0.2) is 47.6 Å². The molecule has 0 saturated heterocycles. The molecule has 3 rings (SSSR count). The highest BCUT2D eigenvalue weighted by Gasteiger charge is 2.15. The second kappa shape index (κ2) is 10.3. The van der Waals surface area contributed by atoms with E-state index in [-0.39, 0.29) is 24.1 Å². The second-order valence-corrected chi connectivity index (χ2v) is 8.25. The Labute approximate surface area is 186 Å². The second-order valence-electron chi connectivity index (χ2n) is 7.30. The predicted octanol–water partition coefficient (Wildman–Crippen LogP) is 3.74. The molecule has 0 spiro atoms. The molecule has 2 aromatic carbocycles. The van der Waals surface area contributed by atoms with Gasteiger partial charge in [0.2, 0.25) is 11.8 Å². The van der Waals surface area contributed by atoms with Crippen LogP contribution in [0.3, 0.4) is 0 Å². The number of nitrogens with zero attached hydrogens (tertiary/aromatic N) is 3. The molecule has 0 fully saturated rings. The van der Waals surface area contributed by atoms with Gasteiger partial charge in [0.25, 0.3) is 0 Å². The summed E-state index contributed by atoms with van der Waals surface area (Å²) in [5.41, 5.74) is 4.92. The monoisotopic (exact) mass is 437 g/mol. The lowest BCUT2D eigenvalue weighted by Gasteiger charge is -2.13. The van der Waals surface area contributed by atoms with Gasteiger partial charge in [-0.25, -0.2) is 0 Å². The van der Waals surface area contributed by atoms with Crippen molar-refractivity contribution in [2.24, 2.45) is 0 Å². The number of aryl methyl sites for hydroxylation is 3. The Balaban J connectivity index is 1.53. The summed E-state index contributed by atoms with van der Waals surface area (Å²) in [6, 6.07) is 13.9. The first-order valence-electron chi connectivity index (χ1n) is 10.1. The fourth-order valence-corrected chi connectivity index (χ4v) is 4.23. The van der Waals surface area contributed by atoms with Crippen LogP contribution in [0.2, 0.25) is 0 Å². The highest BCUT2D eigenvalue weighted by atomic mass is 32.2. The van der Waals surface area contributed by atoms with Gasteiger partial charge in [-0.2, -0.15) is 0 Å². The average molecular weight is 438 g/mol. The third kappa shape index (κ3) is 5.73. The van der Waals surface area contributed by atoms with E-state index in [4.69, 9.17) is 0 Å². The first-order chi connectivity index (χ1) is 14.9. The van der Waals surface area contributed by atoms with Crippen LogP contribution in [0, 0.1) is 20.8 Å². The van der Waals surface area contributed by atoms with Crippen molar-refractivity contribution in [2.45, 2.75) is 39.4 Å². The molecular weight excluding hydrogens is 410 g/mol. The molecule has 0 aliphatic heterocycles. The summed E-state index contributed by atoms with van der Waals surface area (Å²) in [5.74, 6) is 0.443. The Morgan fingerprint density at radius 1 is 1.00 bits per heavy atom. The van der Waals surface area contributed by atoms with Crippen LogP contribution in [0.4, 0.5) is 5.69 Å². The molecule has 7 nitrogen and oxygen atoms in total. The van der Waals surface area contributed by atoms with Crippen molar-refractivity contribution in [1.29, 1.82) is 0 Å². The number of thioether (sulfide) groups is 1. The first-order valence-corrected chi connectivity index (χ1v) is 11.1. The van der Waals surface area contributed by atoms with E-state index >= 15 is 0 Å². The molecule has 0 atom stereocenters. The summed E-state index contributed by atoms with van der Waals surface area (Å²) in [6.45, 7) is 8.56. The predicted molar refractivity (Wildman–Crippen MR) is 124 cm³/mol. The minimum Gasteiger partial charge on any atom is -0.346 e. The van der Waals surface area contributed by atoms with E-state index in [1.165, 1.54) is 11.8 Å². The number of carbonyl (C=O) groups excluding carboxylic acids is 2. The van der Waals surface area contributed by atoms with Crippen LogP contribution >= 0.6 is 11.8 Å². The Hall–Kier alpha value is -3.13. The van der Waals surface area contributed by atoms with E-state index in [0.717, 1.165) is 33.8 Å². The van der Waals surface area contributed by atoms with E-state index in [0.29, 0.717) is 11.7 Å². The van der Waals surface area contributed by atoms with Crippen LogP contribution < -0.4 is 10.6 Å². The number of rotatable bonds is 8. The molecule has 0 aliphatic rings. The SMILES string of the molecule is CCn1c(SCC(=O)NCC(=O)Nc2c(C)cc(C)cc2C)nnc1-c1ccccc1. The van der Waals surface area contributed by atoms with Crippen LogP contribution in [0.5, 0.6) is 0 Å². The summed E-state index contributed by atoms with van der Waals surface area (Å²) >= 11 is 1.30. The van der Waals surface area contributed by atoms with E-state index in [9.17, 15) is 9.59 Å². The maximum atomic E-state index is 12.3. The van der Waals surface area contributed by atoms with Gasteiger partial charge in [-0.1, -0.05) is 59.8 Å². The minimum absolute atomic E-state index is 0.0815. The molecule has 1 aromatic heterocycles. The van der Waals surface area contributed by atoms with Gasteiger partial charge in [0, 0.05) is 17.8 Å². The van der Waals surface area contributed by atoms with Gasteiger partial charge in [0.15, 0.2) is 11.0 Å². The smallest absolute Gasteiger partial charge is 0.243 e. The van der Waals surface area contributed by atoms with Crippen molar-refractivity contribution in [3.63, 3.8) is 0 Å². The zero-order valence-corrected chi connectivity index (χ0v) is 19.0. The van der Waals surface area contributed by atoms with Gasteiger partial charge >= 0.3 is 0 Å². The van der Waals surface area contributed by atoms with Crippen molar-refractivity contribution in [1.82, 2.24) is 20.1 Å². The molecule has 0 aliphatic carbocycles. The van der Waals surface area contributed by atoms with Crippen LogP contribution in [0.25, 0.3) is 11.4 Å². The molecule has 2 N–H and O–H groups in total. The maximum Gasteiger partial charge on any atom is 0.243 e. The van der Waals surface area contributed by atoms with Crippen molar-refractivity contribution >= 4 is 29.3 Å². The number of hydrogen-bond acceptors (Lipinski definition) is 5. The summed E-state index contributed by atoms with van der Waals surface area (Å²) in [5, 5.41) is 14.7. The van der Waals surface area contributed by atoms with Gasteiger partial charge < -0.3 is 15.2 Å². The Morgan fingerprint density at radius 3 is 2.32 bits per heavy atom. The number of benzene rings is 2. The van der Waals surface area contributed by atoms with Crippen LogP contribution in [-0.4, -0.2) is 38.9 Å². The quantitative estimate of drug-likeness (QED) is 0.524. The molecule has 31 heavy (non-hydrogen) atoms. The normalized spacial score (nSPS) is 10.7. The highest BCUT2D eigenvalue weighted by molar-refractivity contribution is 7.99. The Bertz CT molecular complexity index is 1060. The van der Waals surface area contributed by atoms with Crippen LogP contribution in [-0.2, 0) is 16.1 Å². The standard InChI is InChI=1S/C23H27N5O2S/c1-5-28-22(18-9-7-6-8-10-18)26-27-23(28)31-14-20(30)24-13-19(29)25-21-16(3)11-15(2)12-17(21)4/h6-12H,5,13-14H2,1-4H3,(H,24,30)(H,25,29). The molecular formula is C23H27N5O2S. The molecule has 162 valence electrons. The lowest BCUT2D eigenvalue weighted by atomic mass is 10.1. The molecule has 0 radical (unpaired) electrons. The van der Waals surface area contributed by atoms with E-state index in [1.807, 2.05) is 74.7 Å². The van der Waals surface area contributed by atoms with E-state index < -0.39 is 0 Å². The lowest BCUT2D eigenvalue weighted by Crippen LogP contribution is -2.34. The van der Waals surface area contributed by atoms with E-state index in [2.05, 4.69) is 20.8 Å². The minimum atomic E-state index is -0.253. The first kappa shape index (κ1) is 22.6. The van der Waals surface area contributed by atoms with Crippen LogP contribution in [0.1, 0.15) is 23.6 Å². The molecule has 3 aromatic rings. The molecule has 0 unspecified atom stereocenters. The number of nitrogens with one attached hydrogen (secondary N) is 2. The fourth-order valence-electron chi connectivity index (χ4n) is 3.40. The Morgan fingerprint density at radius 2 is 1.68 bits per heavy atom. The van der Waals surface area contributed by atoms with Gasteiger partial charge in [0.05, 0.1) is 12.3 Å². The number of anilines is 1. The molecule has 0 saturated carbocycles. The summed E-state index contributed by atoms with van der Waals surface area (Å²) in [7, 11) is 0. The fraction of sp³-hybridized carbons (Fsp3) is 0.304. The summed E-state index contributed by atoms with van der Waals surface area (Å²) in [4.78, 5) is 24.5. The maximum absolute atomic E-state index is 12.3. The average Bonchev–Trinajstić information content (AvgIpc) is 3.17. The van der Waals surface area contributed by atoms with Gasteiger partial charge in [0.1, 0.15) is 0 Å². The number of carbonyl (C=O) groups is 2. The van der Waals surface area contributed by atoms with Crippen molar-refractivity contribution in [3.8, 4) is 11.4 Å². The van der Waals surface area contributed by atoms with Gasteiger partial charge in [-0.05, 0) is 38.8 Å². The summed E-state index contributed by atoms with van der Waals surface area (Å²) in [6.07, 6.45) is 0. The third-order valence-electron chi connectivity index (χ3n) is 4.78. The third-order valence-corrected chi connectivity index (χ3v) is 5.75. The van der Waals surface area contributed by atoms with E-state index in [1.54, 1.807) is 0 Å². The van der Waals surface area contributed by atoms with Crippen molar-refractivity contribution in [3.05, 3.63) is 59.2 Å². The Kier molecular flexibility index (Phi) is 7.46. The molecule has 2 amide bonds. The number of amides is 2. The zero-order valence-electron chi connectivity index (χ0n) is 18.2.